The highest BCUT2D eigenvalue weighted by Crippen LogP contribution is 2.25. The number of ether oxygens (including phenoxy) is 1. The molecule has 0 radical (unpaired) electrons. The van der Waals surface area contributed by atoms with Gasteiger partial charge in [-0.15, -0.1) is 0 Å². The minimum atomic E-state index is -0.811. The predicted octanol–water partition coefficient (Wildman–Crippen LogP) is 3.83. The second kappa shape index (κ2) is 9.18. The van der Waals surface area contributed by atoms with Crippen molar-refractivity contribution in [3.05, 3.63) is 35.9 Å². The summed E-state index contributed by atoms with van der Waals surface area (Å²) in [5.41, 5.74) is 1.02. The Kier molecular flexibility index (Phi) is 7.59. The zero-order valence-corrected chi connectivity index (χ0v) is 14.2. The fourth-order valence-electron chi connectivity index (χ4n) is 2.12. The maximum Gasteiger partial charge on any atom is 0.407 e. The normalized spacial score (nSPS) is 12.5. The summed E-state index contributed by atoms with van der Waals surface area (Å²) in [6.45, 7) is 6.77. The Morgan fingerprint density at radius 2 is 1.83 bits per heavy atom. The molecule has 2 N–H and O–H groups in total. The van der Waals surface area contributed by atoms with Crippen LogP contribution >= 0.6 is 0 Å². The third-order valence-corrected chi connectivity index (χ3v) is 3.57. The Hall–Kier alpha value is -2.04. The minimum Gasteiger partial charge on any atom is -0.481 e. The number of carbonyl (C=O) groups is 2. The van der Waals surface area contributed by atoms with Crippen molar-refractivity contribution in [2.24, 2.45) is 11.3 Å². The van der Waals surface area contributed by atoms with E-state index in [0.29, 0.717) is 19.4 Å². The number of amides is 1. The Bertz CT molecular complexity index is 493. The zero-order valence-electron chi connectivity index (χ0n) is 14.2. The summed E-state index contributed by atoms with van der Waals surface area (Å²) in [6.07, 6.45) is 1.34. The summed E-state index contributed by atoms with van der Waals surface area (Å²) in [5.74, 6) is -1.25. The van der Waals surface area contributed by atoms with E-state index < -0.39 is 18.0 Å². The molecule has 0 aliphatic rings. The summed E-state index contributed by atoms with van der Waals surface area (Å²) in [7, 11) is 0. The average Bonchev–Trinajstić information content (AvgIpc) is 2.48. The lowest BCUT2D eigenvalue weighted by Crippen LogP contribution is -2.28. The predicted molar refractivity (Wildman–Crippen MR) is 89.1 cm³/mol. The van der Waals surface area contributed by atoms with Crippen molar-refractivity contribution >= 4 is 12.1 Å². The number of nitrogens with one attached hydrogen (secondary N) is 1. The second-order valence-corrected chi connectivity index (χ2v) is 6.91. The van der Waals surface area contributed by atoms with Crippen LogP contribution in [-0.4, -0.2) is 23.7 Å². The summed E-state index contributed by atoms with van der Waals surface area (Å²) < 4.78 is 5.09. The number of carboxylic acid groups (broad SMARTS) is 1. The van der Waals surface area contributed by atoms with Crippen LogP contribution in [0.3, 0.4) is 0 Å². The molecule has 5 heteroatoms. The average molecular weight is 321 g/mol. The van der Waals surface area contributed by atoms with E-state index in [1.54, 1.807) is 0 Å². The van der Waals surface area contributed by atoms with Crippen LogP contribution in [0.5, 0.6) is 0 Å². The Morgan fingerprint density at radius 1 is 1.17 bits per heavy atom. The molecule has 0 saturated heterocycles. The molecule has 0 aromatic heterocycles. The van der Waals surface area contributed by atoms with Crippen molar-refractivity contribution < 1.29 is 19.4 Å². The van der Waals surface area contributed by atoms with Gasteiger partial charge in [-0.1, -0.05) is 51.1 Å². The fraction of sp³-hybridized carbons (Fsp3) is 0.556. The smallest absolute Gasteiger partial charge is 0.407 e. The van der Waals surface area contributed by atoms with E-state index in [2.05, 4.69) is 26.1 Å². The lowest BCUT2D eigenvalue weighted by Gasteiger charge is -2.21. The molecular weight excluding hydrogens is 294 g/mol. The molecule has 1 unspecified atom stereocenters. The molecule has 1 atom stereocenters. The largest absolute Gasteiger partial charge is 0.481 e. The van der Waals surface area contributed by atoms with E-state index in [0.717, 1.165) is 12.0 Å². The van der Waals surface area contributed by atoms with Gasteiger partial charge in [-0.3, -0.25) is 4.79 Å². The van der Waals surface area contributed by atoms with Gasteiger partial charge < -0.3 is 15.2 Å². The van der Waals surface area contributed by atoms with Gasteiger partial charge in [-0.2, -0.15) is 0 Å². The number of carboxylic acids is 1. The van der Waals surface area contributed by atoms with Crippen LogP contribution < -0.4 is 5.32 Å². The Balaban J connectivity index is 2.27. The quantitative estimate of drug-likeness (QED) is 0.763. The van der Waals surface area contributed by atoms with Gasteiger partial charge in [-0.05, 0) is 30.2 Å². The lowest BCUT2D eigenvalue weighted by molar-refractivity contribution is -0.142. The molecular formula is C18H27NO4. The van der Waals surface area contributed by atoms with Crippen molar-refractivity contribution in [1.29, 1.82) is 0 Å². The molecule has 0 aliphatic heterocycles. The molecule has 1 rings (SSSR count). The van der Waals surface area contributed by atoms with E-state index in [1.165, 1.54) is 0 Å². The van der Waals surface area contributed by atoms with Crippen LogP contribution in [0.25, 0.3) is 0 Å². The first-order valence-electron chi connectivity index (χ1n) is 7.95. The molecule has 0 spiro atoms. The highest BCUT2D eigenvalue weighted by molar-refractivity contribution is 5.70. The van der Waals surface area contributed by atoms with Gasteiger partial charge in [0, 0.05) is 6.54 Å². The van der Waals surface area contributed by atoms with Crippen LogP contribution in [0.4, 0.5) is 4.79 Å². The van der Waals surface area contributed by atoms with E-state index in [-0.39, 0.29) is 12.0 Å². The summed E-state index contributed by atoms with van der Waals surface area (Å²) >= 11 is 0. The summed E-state index contributed by atoms with van der Waals surface area (Å²) in [4.78, 5) is 22.9. The van der Waals surface area contributed by atoms with Gasteiger partial charge in [0.1, 0.15) is 6.61 Å². The topological polar surface area (TPSA) is 75.6 Å². The van der Waals surface area contributed by atoms with Gasteiger partial charge in [0.15, 0.2) is 0 Å². The standard InChI is InChI=1S/C18H27NO4/c1-18(2,3)11-9-15(16(20)21)10-12-19-17(22)23-13-14-7-5-4-6-8-14/h4-8,15H,9-13H2,1-3H3,(H,19,22)(H,20,21). The molecule has 0 heterocycles. The first-order valence-corrected chi connectivity index (χ1v) is 7.95. The van der Waals surface area contributed by atoms with Crippen molar-refractivity contribution in [2.45, 2.75) is 46.6 Å². The number of hydrogen-bond acceptors (Lipinski definition) is 3. The Labute approximate surface area is 138 Å². The van der Waals surface area contributed by atoms with Crippen molar-refractivity contribution in [3.8, 4) is 0 Å². The highest BCUT2D eigenvalue weighted by atomic mass is 16.5. The van der Waals surface area contributed by atoms with Gasteiger partial charge in [0.25, 0.3) is 0 Å². The van der Waals surface area contributed by atoms with E-state index in [1.807, 2.05) is 30.3 Å². The molecule has 0 saturated carbocycles. The molecule has 128 valence electrons. The maximum absolute atomic E-state index is 11.6. The van der Waals surface area contributed by atoms with E-state index in [9.17, 15) is 14.7 Å². The maximum atomic E-state index is 11.6. The Morgan fingerprint density at radius 3 is 2.39 bits per heavy atom. The molecule has 1 amide bonds. The summed E-state index contributed by atoms with van der Waals surface area (Å²) in [6, 6.07) is 9.40. The van der Waals surface area contributed by atoms with Gasteiger partial charge in [0.2, 0.25) is 0 Å². The van der Waals surface area contributed by atoms with Crippen LogP contribution in [0.15, 0.2) is 30.3 Å². The number of hydrogen-bond donors (Lipinski definition) is 2. The molecule has 5 nitrogen and oxygen atoms in total. The molecule has 0 fully saturated rings. The zero-order chi connectivity index (χ0) is 17.3. The molecule has 0 aliphatic carbocycles. The molecule has 23 heavy (non-hydrogen) atoms. The summed E-state index contributed by atoms with van der Waals surface area (Å²) in [5, 5.41) is 11.9. The van der Waals surface area contributed by atoms with E-state index >= 15 is 0 Å². The van der Waals surface area contributed by atoms with Crippen LogP contribution in [0.1, 0.15) is 45.6 Å². The van der Waals surface area contributed by atoms with Crippen molar-refractivity contribution in [3.63, 3.8) is 0 Å². The molecule has 1 aromatic carbocycles. The number of carbonyl (C=O) groups excluding carboxylic acids is 1. The number of rotatable bonds is 8. The number of aliphatic carboxylic acids is 1. The monoisotopic (exact) mass is 321 g/mol. The van der Waals surface area contributed by atoms with Crippen LogP contribution in [-0.2, 0) is 16.1 Å². The number of alkyl carbamates (subject to hydrolysis) is 1. The van der Waals surface area contributed by atoms with Gasteiger partial charge in [0.05, 0.1) is 5.92 Å². The number of benzene rings is 1. The third kappa shape index (κ3) is 8.86. The molecule has 1 aromatic rings. The first-order chi connectivity index (χ1) is 10.8. The first kappa shape index (κ1) is 19.0. The molecule has 0 bridgehead atoms. The highest BCUT2D eigenvalue weighted by Gasteiger charge is 2.21. The second-order valence-electron chi connectivity index (χ2n) is 6.91. The van der Waals surface area contributed by atoms with Crippen molar-refractivity contribution in [2.75, 3.05) is 6.54 Å². The van der Waals surface area contributed by atoms with Gasteiger partial charge in [-0.25, -0.2) is 4.79 Å². The minimum absolute atomic E-state index is 0.107. The van der Waals surface area contributed by atoms with E-state index in [4.69, 9.17) is 4.74 Å². The third-order valence-electron chi connectivity index (χ3n) is 3.57. The van der Waals surface area contributed by atoms with Crippen molar-refractivity contribution in [1.82, 2.24) is 5.32 Å². The van der Waals surface area contributed by atoms with Crippen LogP contribution in [0.2, 0.25) is 0 Å². The van der Waals surface area contributed by atoms with Gasteiger partial charge >= 0.3 is 12.1 Å². The lowest BCUT2D eigenvalue weighted by atomic mass is 9.86. The van der Waals surface area contributed by atoms with Crippen LogP contribution in [0, 0.1) is 11.3 Å². The SMILES string of the molecule is CC(C)(C)CCC(CCNC(=O)OCc1ccccc1)C(=O)O. The fourth-order valence-corrected chi connectivity index (χ4v) is 2.12.